The zero-order valence-electron chi connectivity index (χ0n) is 20.3. The third kappa shape index (κ3) is 5.34. The van der Waals surface area contributed by atoms with Gasteiger partial charge in [-0.1, -0.05) is 0 Å². The first-order valence-corrected chi connectivity index (χ1v) is 12.9. The fourth-order valence-electron chi connectivity index (χ4n) is 3.88. The van der Waals surface area contributed by atoms with Gasteiger partial charge in [-0.05, 0) is 42.5 Å². The molecule has 0 saturated heterocycles. The summed E-state index contributed by atoms with van der Waals surface area (Å²) < 4.78 is 50.4. The number of carbonyl (C=O) groups excluding carboxylic acids is 1. The SMILES string of the molecule is CNC(=O)c1c(-c2ccc(Nc3ccc(F)cn3)cc2)oc2cc(N(CCO)S(C)(=O)=O)c(OC)cc12. The Morgan fingerprint density at radius 1 is 1.19 bits per heavy atom. The van der Waals surface area contributed by atoms with Crippen molar-refractivity contribution in [3.63, 3.8) is 0 Å². The first-order valence-electron chi connectivity index (χ1n) is 11.1. The molecule has 4 aromatic rings. The predicted octanol–water partition coefficient (Wildman–Crippen LogP) is 3.50. The molecule has 0 fully saturated rings. The van der Waals surface area contributed by atoms with Gasteiger partial charge in [0.1, 0.15) is 28.7 Å². The van der Waals surface area contributed by atoms with Gasteiger partial charge in [-0.15, -0.1) is 0 Å². The smallest absolute Gasteiger partial charge is 0.255 e. The summed E-state index contributed by atoms with van der Waals surface area (Å²) in [4.78, 5) is 16.9. The van der Waals surface area contributed by atoms with Crippen LogP contribution in [0.25, 0.3) is 22.3 Å². The van der Waals surface area contributed by atoms with Crippen molar-refractivity contribution in [3.05, 3.63) is 66.1 Å². The highest BCUT2D eigenvalue weighted by molar-refractivity contribution is 7.92. The van der Waals surface area contributed by atoms with E-state index in [0.29, 0.717) is 22.5 Å². The number of carbonyl (C=O) groups is 1. The third-order valence-corrected chi connectivity index (χ3v) is 6.74. The molecule has 37 heavy (non-hydrogen) atoms. The van der Waals surface area contributed by atoms with E-state index in [1.807, 2.05) is 0 Å². The summed E-state index contributed by atoms with van der Waals surface area (Å²) in [6.45, 7) is -0.594. The van der Waals surface area contributed by atoms with E-state index in [-0.39, 0.29) is 34.9 Å². The quantitative estimate of drug-likeness (QED) is 0.301. The lowest BCUT2D eigenvalue weighted by atomic mass is 10.0. The Hall–Kier alpha value is -4.16. The summed E-state index contributed by atoms with van der Waals surface area (Å²) >= 11 is 0. The minimum absolute atomic E-state index is 0.168. The summed E-state index contributed by atoms with van der Waals surface area (Å²) in [5, 5.41) is 15.5. The summed E-state index contributed by atoms with van der Waals surface area (Å²) in [5.41, 5.74) is 1.94. The monoisotopic (exact) mass is 528 g/mol. The van der Waals surface area contributed by atoms with Gasteiger partial charge in [0.2, 0.25) is 10.0 Å². The van der Waals surface area contributed by atoms with Gasteiger partial charge in [0.25, 0.3) is 5.91 Å². The van der Waals surface area contributed by atoms with Crippen LogP contribution < -0.4 is 19.7 Å². The number of nitrogens with zero attached hydrogens (tertiary/aromatic N) is 2. The van der Waals surface area contributed by atoms with Crippen molar-refractivity contribution in [1.82, 2.24) is 10.3 Å². The van der Waals surface area contributed by atoms with Gasteiger partial charge < -0.3 is 24.9 Å². The molecule has 10 nitrogen and oxygen atoms in total. The molecular weight excluding hydrogens is 503 g/mol. The first-order chi connectivity index (χ1) is 17.7. The number of benzene rings is 2. The van der Waals surface area contributed by atoms with E-state index in [2.05, 4.69) is 15.6 Å². The minimum Gasteiger partial charge on any atom is -0.495 e. The Labute approximate surface area is 212 Å². The Bertz CT molecular complexity index is 1540. The van der Waals surface area contributed by atoms with Crippen LogP contribution in [-0.4, -0.2) is 58.0 Å². The molecule has 0 saturated carbocycles. The highest BCUT2D eigenvalue weighted by atomic mass is 32.2. The zero-order valence-corrected chi connectivity index (χ0v) is 21.1. The van der Waals surface area contributed by atoms with Gasteiger partial charge in [0, 0.05) is 29.8 Å². The molecule has 0 spiro atoms. The van der Waals surface area contributed by atoms with Gasteiger partial charge in [-0.3, -0.25) is 9.10 Å². The lowest BCUT2D eigenvalue weighted by molar-refractivity contribution is 0.0964. The maximum atomic E-state index is 13.1. The van der Waals surface area contributed by atoms with Crippen molar-refractivity contribution in [2.75, 3.05) is 43.2 Å². The molecule has 2 aromatic heterocycles. The highest BCUT2D eigenvalue weighted by Gasteiger charge is 2.27. The zero-order chi connectivity index (χ0) is 26.7. The van der Waals surface area contributed by atoms with Gasteiger partial charge in [-0.2, -0.15) is 0 Å². The number of amides is 1. The van der Waals surface area contributed by atoms with Gasteiger partial charge >= 0.3 is 0 Å². The molecule has 0 aliphatic heterocycles. The van der Waals surface area contributed by atoms with E-state index in [1.54, 1.807) is 24.3 Å². The van der Waals surface area contributed by atoms with Crippen LogP contribution in [0.15, 0.2) is 59.1 Å². The average molecular weight is 529 g/mol. The number of hydrogen-bond donors (Lipinski definition) is 3. The van der Waals surface area contributed by atoms with Crippen LogP contribution in [0.3, 0.4) is 0 Å². The van der Waals surface area contributed by atoms with Crippen LogP contribution in [0.4, 0.5) is 21.6 Å². The number of sulfonamides is 1. The molecule has 0 aliphatic carbocycles. The van der Waals surface area contributed by atoms with Crippen LogP contribution in [-0.2, 0) is 10.0 Å². The Balaban J connectivity index is 1.81. The van der Waals surface area contributed by atoms with Crippen molar-refractivity contribution < 1.29 is 31.9 Å². The molecular formula is C25H25FN4O6S. The second kappa shape index (κ2) is 10.4. The van der Waals surface area contributed by atoms with Crippen LogP contribution in [0.1, 0.15) is 10.4 Å². The van der Waals surface area contributed by atoms with Crippen molar-refractivity contribution in [2.45, 2.75) is 0 Å². The molecule has 0 bridgehead atoms. The largest absolute Gasteiger partial charge is 0.495 e. The lowest BCUT2D eigenvalue weighted by Gasteiger charge is -2.23. The van der Waals surface area contributed by atoms with Gasteiger partial charge in [-0.25, -0.2) is 17.8 Å². The van der Waals surface area contributed by atoms with Crippen LogP contribution in [0, 0.1) is 5.82 Å². The van der Waals surface area contributed by atoms with Crippen molar-refractivity contribution in [2.24, 2.45) is 0 Å². The fraction of sp³-hybridized carbons (Fsp3) is 0.200. The number of aliphatic hydroxyl groups excluding tert-OH is 1. The number of rotatable bonds is 9. The van der Waals surface area contributed by atoms with Crippen molar-refractivity contribution in [3.8, 4) is 17.1 Å². The molecule has 0 atom stereocenters. The normalized spacial score (nSPS) is 11.4. The second-order valence-electron chi connectivity index (χ2n) is 8.03. The average Bonchev–Trinajstić information content (AvgIpc) is 3.25. The van der Waals surface area contributed by atoms with E-state index in [9.17, 15) is 22.7 Å². The number of fused-ring (bicyclic) bond motifs is 1. The van der Waals surface area contributed by atoms with Crippen molar-refractivity contribution >= 4 is 44.1 Å². The number of halogens is 1. The topological polar surface area (TPSA) is 134 Å². The van der Waals surface area contributed by atoms with E-state index in [4.69, 9.17) is 9.15 Å². The second-order valence-corrected chi connectivity index (χ2v) is 9.94. The van der Waals surface area contributed by atoms with Crippen LogP contribution in [0.5, 0.6) is 5.75 Å². The molecule has 194 valence electrons. The Kier molecular flexibility index (Phi) is 7.32. The number of hydrogen-bond acceptors (Lipinski definition) is 8. The maximum absolute atomic E-state index is 13.1. The highest BCUT2D eigenvalue weighted by Crippen LogP contribution is 2.41. The number of aliphatic hydroxyl groups is 1. The van der Waals surface area contributed by atoms with E-state index >= 15 is 0 Å². The molecule has 4 rings (SSSR count). The molecule has 2 aromatic carbocycles. The van der Waals surface area contributed by atoms with Crippen molar-refractivity contribution in [1.29, 1.82) is 0 Å². The Morgan fingerprint density at radius 3 is 2.49 bits per heavy atom. The number of pyridine rings is 1. The Morgan fingerprint density at radius 2 is 1.92 bits per heavy atom. The van der Waals surface area contributed by atoms with Crippen LogP contribution >= 0.6 is 0 Å². The number of nitrogens with one attached hydrogen (secondary N) is 2. The number of methoxy groups -OCH3 is 1. The van der Waals surface area contributed by atoms with Gasteiger partial charge in [0.15, 0.2) is 0 Å². The molecule has 0 radical (unpaired) electrons. The molecule has 0 unspecified atom stereocenters. The standard InChI is InChI=1S/C25H25FN4O6S/c1-27-25(32)23-18-12-21(35-2)19(30(10-11-31)37(3,33)34)13-20(18)36-24(23)15-4-7-17(8-5-15)29-22-9-6-16(26)14-28-22/h4-9,12-14,31H,10-11H2,1-3H3,(H,27,32)(H,28,29). The summed E-state index contributed by atoms with van der Waals surface area (Å²) in [6, 6.07) is 12.8. The number of ether oxygens (including phenoxy) is 1. The van der Waals surface area contributed by atoms with E-state index < -0.39 is 28.4 Å². The predicted molar refractivity (Wildman–Crippen MR) is 138 cm³/mol. The molecule has 1 amide bonds. The van der Waals surface area contributed by atoms with Crippen LogP contribution in [0.2, 0.25) is 0 Å². The fourth-order valence-corrected chi connectivity index (χ4v) is 4.80. The summed E-state index contributed by atoms with van der Waals surface area (Å²) in [6.07, 6.45) is 2.13. The van der Waals surface area contributed by atoms with Gasteiger partial charge in [0.05, 0.1) is 44.0 Å². The van der Waals surface area contributed by atoms with E-state index in [1.165, 1.54) is 38.4 Å². The number of aromatic nitrogens is 1. The summed E-state index contributed by atoms with van der Waals surface area (Å²) in [7, 11) is -0.878. The third-order valence-electron chi connectivity index (χ3n) is 5.56. The maximum Gasteiger partial charge on any atom is 0.255 e. The lowest BCUT2D eigenvalue weighted by Crippen LogP contribution is -2.32. The number of anilines is 3. The first kappa shape index (κ1) is 25.9. The molecule has 2 heterocycles. The minimum atomic E-state index is -3.75. The number of furan rings is 1. The molecule has 12 heteroatoms. The molecule has 3 N–H and O–H groups in total. The summed E-state index contributed by atoms with van der Waals surface area (Å²) in [5.74, 6) is 0.0742. The molecule has 0 aliphatic rings. The van der Waals surface area contributed by atoms with E-state index in [0.717, 1.165) is 16.8 Å².